The molecule has 12 heteroatoms. The third kappa shape index (κ3) is 591. The number of rotatable bonds is 0. The van der Waals surface area contributed by atoms with E-state index in [1.54, 1.807) is 0 Å². The Labute approximate surface area is 138 Å². The Hall–Kier alpha value is -3.18. The van der Waals surface area contributed by atoms with E-state index in [4.69, 9.17) is 59.4 Å². The van der Waals surface area contributed by atoms with Crippen LogP contribution in [0.4, 0.5) is 0 Å². The Morgan fingerprint density at radius 2 is 0.333 bits per heavy atom. The topological polar surface area (TPSA) is 224 Å². The second-order valence-corrected chi connectivity index (χ2v) is 3.11. The molecule has 0 spiro atoms. The van der Waals surface area contributed by atoms with Crippen LogP contribution in [0.3, 0.4) is 0 Å². The van der Waals surface area contributed by atoms with Gasteiger partial charge in [-0.05, 0) is 0 Å². The fourth-order valence-electron chi connectivity index (χ4n) is 0. The SMILES string of the molecule is CC(=O)O.CC(=O)O.CC(=O)O.CC(=O)O.CC(=O)O.CC(=O)O. The van der Waals surface area contributed by atoms with E-state index in [1.165, 1.54) is 0 Å². The number of hydrogen-bond acceptors (Lipinski definition) is 6. The zero-order valence-electron chi connectivity index (χ0n) is 14.1. The maximum atomic E-state index is 9.00. The molecule has 0 aliphatic carbocycles. The van der Waals surface area contributed by atoms with Crippen molar-refractivity contribution in [3.63, 3.8) is 0 Å². The summed E-state index contributed by atoms with van der Waals surface area (Å²) in [6.45, 7) is 6.50. The van der Waals surface area contributed by atoms with E-state index < -0.39 is 35.8 Å². The van der Waals surface area contributed by atoms with Gasteiger partial charge in [0.2, 0.25) is 0 Å². The van der Waals surface area contributed by atoms with E-state index in [9.17, 15) is 0 Å². The van der Waals surface area contributed by atoms with Crippen LogP contribution in [0.5, 0.6) is 0 Å². The van der Waals surface area contributed by atoms with Crippen molar-refractivity contribution in [2.24, 2.45) is 0 Å². The molecular formula is C12H24O12. The highest BCUT2D eigenvalue weighted by molar-refractivity contribution is 5.64. The van der Waals surface area contributed by atoms with Crippen molar-refractivity contribution >= 4 is 35.8 Å². The fraction of sp³-hybridized carbons (Fsp3) is 0.500. The van der Waals surface area contributed by atoms with Gasteiger partial charge in [0, 0.05) is 41.5 Å². The molecule has 24 heavy (non-hydrogen) atoms. The molecule has 0 radical (unpaired) electrons. The quantitative estimate of drug-likeness (QED) is 0.348. The van der Waals surface area contributed by atoms with Gasteiger partial charge in [-0.3, -0.25) is 28.8 Å². The molecule has 0 aliphatic heterocycles. The third-order valence-corrected chi connectivity index (χ3v) is 0. The standard InChI is InChI=1S/6C2H4O2/c6*1-2(3)4/h6*1H3,(H,3,4). The van der Waals surface area contributed by atoms with Gasteiger partial charge in [-0.1, -0.05) is 0 Å². The third-order valence-electron chi connectivity index (χ3n) is 0. The van der Waals surface area contributed by atoms with Crippen LogP contribution in [0.1, 0.15) is 41.5 Å². The number of carbonyl (C=O) groups is 6. The largest absolute Gasteiger partial charge is 0.481 e. The summed E-state index contributed by atoms with van der Waals surface area (Å²) >= 11 is 0. The second-order valence-electron chi connectivity index (χ2n) is 3.11. The van der Waals surface area contributed by atoms with E-state index in [0.717, 1.165) is 41.5 Å². The number of aliphatic carboxylic acids is 6. The van der Waals surface area contributed by atoms with Gasteiger partial charge < -0.3 is 30.6 Å². The Morgan fingerprint density at radius 3 is 0.333 bits per heavy atom. The maximum Gasteiger partial charge on any atom is 0.300 e. The average molecular weight is 360 g/mol. The molecule has 0 bridgehead atoms. The van der Waals surface area contributed by atoms with Crippen LogP contribution in [0.15, 0.2) is 0 Å². The van der Waals surface area contributed by atoms with E-state index in [2.05, 4.69) is 0 Å². The lowest BCUT2D eigenvalue weighted by Crippen LogP contribution is -1.78. The Morgan fingerprint density at radius 1 is 0.333 bits per heavy atom. The Bertz CT molecular complexity index is 255. The minimum Gasteiger partial charge on any atom is -0.481 e. The first-order chi connectivity index (χ1) is 10.4. The Balaban J connectivity index is -0.0000000405. The van der Waals surface area contributed by atoms with Crippen LogP contribution in [0.25, 0.3) is 0 Å². The van der Waals surface area contributed by atoms with Gasteiger partial charge in [-0.25, -0.2) is 0 Å². The van der Waals surface area contributed by atoms with Crippen molar-refractivity contribution < 1.29 is 59.4 Å². The lowest BCUT2D eigenvalue weighted by atomic mass is 10.9. The zero-order valence-corrected chi connectivity index (χ0v) is 14.1. The lowest BCUT2D eigenvalue weighted by Gasteiger charge is -1.59. The summed E-state index contributed by atoms with van der Waals surface area (Å²) in [5.74, 6) is -5.00. The first-order valence-corrected chi connectivity index (χ1v) is 5.57. The Kier molecular flexibility index (Phi) is 49.6. The lowest BCUT2D eigenvalue weighted by molar-refractivity contribution is -0.135. The van der Waals surface area contributed by atoms with Gasteiger partial charge in [0.15, 0.2) is 0 Å². The molecule has 0 aromatic rings. The van der Waals surface area contributed by atoms with Gasteiger partial charge in [0.05, 0.1) is 0 Å². The van der Waals surface area contributed by atoms with Gasteiger partial charge in [-0.15, -0.1) is 0 Å². The molecular weight excluding hydrogens is 336 g/mol. The van der Waals surface area contributed by atoms with Crippen LogP contribution < -0.4 is 0 Å². The van der Waals surface area contributed by atoms with Crippen molar-refractivity contribution in [2.45, 2.75) is 41.5 Å². The summed E-state index contributed by atoms with van der Waals surface area (Å²) in [5.41, 5.74) is 0. The molecule has 0 heterocycles. The maximum absolute atomic E-state index is 9.00. The highest BCUT2D eigenvalue weighted by Gasteiger charge is 1.67. The van der Waals surface area contributed by atoms with E-state index in [1.807, 2.05) is 0 Å². The first-order valence-electron chi connectivity index (χ1n) is 5.57. The van der Waals surface area contributed by atoms with Crippen molar-refractivity contribution in [1.82, 2.24) is 0 Å². The van der Waals surface area contributed by atoms with Crippen molar-refractivity contribution in [2.75, 3.05) is 0 Å². The van der Waals surface area contributed by atoms with Crippen molar-refractivity contribution in [3.8, 4) is 0 Å². The highest BCUT2D eigenvalue weighted by Crippen LogP contribution is 1.43. The van der Waals surface area contributed by atoms with Crippen LogP contribution >= 0.6 is 0 Å². The summed E-state index contributed by atoms with van der Waals surface area (Å²) in [6, 6.07) is 0. The molecule has 0 fully saturated rings. The minimum atomic E-state index is -0.833. The van der Waals surface area contributed by atoms with Gasteiger partial charge in [0.1, 0.15) is 0 Å². The van der Waals surface area contributed by atoms with Crippen molar-refractivity contribution in [1.29, 1.82) is 0 Å². The first kappa shape index (κ1) is 37.2. The molecule has 144 valence electrons. The van der Waals surface area contributed by atoms with Crippen LogP contribution in [0.2, 0.25) is 0 Å². The van der Waals surface area contributed by atoms with E-state index in [-0.39, 0.29) is 0 Å². The smallest absolute Gasteiger partial charge is 0.300 e. The van der Waals surface area contributed by atoms with Crippen LogP contribution in [-0.2, 0) is 28.8 Å². The predicted octanol–water partition coefficient (Wildman–Crippen LogP) is 0.545. The molecule has 0 saturated carbocycles. The second kappa shape index (κ2) is 32.0. The molecule has 0 amide bonds. The molecule has 12 nitrogen and oxygen atoms in total. The van der Waals surface area contributed by atoms with Crippen LogP contribution in [-0.4, -0.2) is 66.5 Å². The number of hydrogen-bond donors (Lipinski definition) is 6. The zero-order chi connectivity index (χ0) is 21.5. The summed E-state index contributed by atoms with van der Waals surface area (Å²) < 4.78 is 0. The van der Waals surface area contributed by atoms with Gasteiger partial charge in [-0.2, -0.15) is 0 Å². The summed E-state index contributed by atoms with van der Waals surface area (Å²) in [6.07, 6.45) is 0. The molecule has 0 aromatic carbocycles. The van der Waals surface area contributed by atoms with E-state index in [0.29, 0.717) is 0 Å². The molecule has 0 rings (SSSR count). The summed E-state index contributed by atoms with van der Waals surface area (Å²) in [4.78, 5) is 54.0. The number of carboxylic acids is 6. The molecule has 0 atom stereocenters. The normalized spacial score (nSPS) is 6.25. The van der Waals surface area contributed by atoms with Gasteiger partial charge in [0.25, 0.3) is 35.8 Å². The monoisotopic (exact) mass is 360 g/mol. The molecule has 0 saturated heterocycles. The van der Waals surface area contributed by atoms with Gasteiger partial charge >= 0.3 is 0 Å². The van der Waals surface area contributed by atoms with Crippen molar-refractivity contribution in [3.05, 3.63) is 0 Å². The predicted molar refractivity (Wildman–Crippen MR) is 79.9 cm³/mol. The molecule has 0 aliphatic rings. The minimum absolute atomic E-state index is 0.833. The molecule has 0 aromatic heterocycles. The molecule has 6 N–H and O–H groups in total. The van der Waals surface area contributed by atoms with E-state index >= 15 is 0 Å². The summed E-state index contributed by atoms with van der Waals surface area (Å²) in [5, 5.41) is 44.5. The highest BCUT2D eigenvalue weighted by atomic mass is 16.4. The fourth-order valence-corrected chi connectivity index (χ4v) is 0. The van der Waals surface area contributed by atoms with Crippen LogP contribution in [0, 0.1) is 0 Å². The average Bonchev–Trinajstić information content (AvgIpc) is 2.08. The molecule has 0 unspecified atom stereocenters. The summed E-state index contributed by atoms with van der Waals surface area (Å²) in [7, 11) is 0. The number of carboxylic acid groups (broad SMARTS) is 6.